The number of hydrogen-bond donors (Lipinski definition) is 2. The highest BCUT2D eigenvalue weighted by Crippen LogP contribution is 2.16. The van der Waals surface area contributed by atoms with E-state index in [1.54, 1.807) is 18.2 Å². The molecule has 1 amide bonds. The third-order valence-corrected chi connectivity index (χ3v) is 2.43. The molecule has 0 bridgehead atoms. The monoisotopic (exact) mass is 263 g/mol. The van der Waals surface area contributed by atoms with Crippen LogP contribution in [0, 0.1) is 0 Å². The topological polar surface area (TPSA) is 75.1 Å². The summed E-state index contributed by atoms with van der Waals surface area (Å²) in [5.74, 6) is -0.0960. The van der Waals surface area contributed by atoms with E-state index in [1.165, 1.54) is 18.3 Å². The van der Waals surface area contributed by atoms with Crippen molar-refractivity contribution in [3.8, 4) is 5.75 Å². The van der Waals surface area contributed by atoms with Crippen molar-refractivity contribution in [2.24, 2.45) is 0 Å². The van der Waals surface area contributed by atoms with E-state index in [4.69, 9.17) is 11.6 Å². The molecule has 2 aromatic rings. The maximum Gasteiger partial charge on any atom is 0.231 e. The summed E-state index contributed by atoms with van der Waals surface area (Å²) in [6.45, 7) is 0. The molecule has 18 heavy (non-hydrogen) atoms. The molecule has 1 aromatic heterocycles. The summed E-state index contributed by atoms with van der Waals surface area (Å²) >= 11 is 5.67. The van der Waals surface area contributed by atoms with E-state index in [0.717, 1.165) is 0 Å². The summed E-state index contributed by atoms with van der Waals surface area (Å²) < 4.78 is 0. The van der Waals surface area contributed by atoms with Crippen LogP contribution in [-0.2, 0) is 11.2 Å². The van der Waals surface area contributed by atoms with E-state index in [-0.39, 0.29) is 29.2 Å². The van der Waals surface area contributed by atoms with Gasteiger partial charge in [-0.25, -0.2) is 9.97 Å². The Morgan fingerprint density at radius 1 is 1.33 bits per heavy atom. The third kappa shape index (κ3) is 3.18. The van der Waals surface area contributed by atoms with Crippen LogP contribution in [0.3, 0.4) is 0 Å². The number of phenolic OH excluding ortho intramolecular Hbond substituents is 1. The normalized spacial score (nSPS) is 10.1. The van der Waals surface area contributed by atoms with E-state index >= 15 is 0 Å². The largest absolute Gasteiger partial charge is 0.508 e. The first kappa shape index (κ1) is 12.3. The van der Waals surface area contributed by atoms with Gasteiger partial charge in [0.1, 0.15) is 10.9 Å². The van der Waals surface area contributed by atoms with Gasteiger partial charge in [0.05, 0.1) is 6.42 Å². The molecular weight excluding hydrogens is 254 g/mol. The van der Waals surface area contributed by atoms with Gasteiger partial charge in [-0.05, 0) is 12.1 Å². The molecule has 0 fully saturated rings. The molecule has 1 heterocycles. The minimum absolute atomic E-state index is 0.0442. The van der Waals surface area contributed by atoms with Crippen LogP contribution in [0.15, 0.2) is 36.5 Å². The van der Waals surface area contributed by atoms with E-state index < -0.39 is 0 Å². The Kier molecular flexibility index (Phi) is 3.74. The van der Waals surface area contributed by atoms with E-state index in [9.17, 15) is 9.90 Å². The number of hydrogen-bond acceptors (Lipinski definition) is 4. The van der Waals surface area contributed by atoms with Gasteiger partial charge in [0, 0.05) is 11.8 Å². The molecule has 0 saturated carbocycles. The lowest BCUT2D eigenvalue weighted by Crippen LogP contribution is -2.16. The minimum atomic E-state index is -0.321. The van der Waals surface area contributed by atoms with Gasteiger partial charge >= 0.3 is 0 Å². The minimum Gasteiger partial charge on any atom is -0.508 e. The van der Waals surface area contributed by atoms with Gasteiger partial charge in [-0.15, -0.1) is 0 Å². The number of nitrogens with one attached hydrogen (secondary N) is 1. The van der Waals surface area contributed by atoms with Crippen LogP contribution in [0.5, 0.6) is 5.75 Å². The number of carbonyl (C=O) groups excluding carboxylic acids is 1. The fourth-order valence-electron chi connectivity index (χ4n) is 1.40. The number of amides is 1. The van der Waals surface area contributed by atoms with Gasteiger partial charge in [0.2, 0.25) is 11.9 Å². The molecule has 2 rings (SSSR count). The zero-order chi connectivity index (χ0) is 13.0. The van der Waals surface area contributed by atoms with Crippen LogP contribution >= 0.6 is 11.6 Å². The highest BCUT2D eigenvalue weighted by molar-refractivity contribution is 6.29. The predicted molar refractivity (Wildman–Crippen MR) is 67.5 cm³/mol. The van der Waals surface area contributed by atoms with Crippen molar-refractivity contribution in [3.63, 3.8) is 0 Å². The Labute approximate surface area is 108 Å². The van der Waals surface area contributed by atoms with Gasteiger partial charge in [0.15, 0.2) is 0 Å². The number of rotatable bonds is 3. The zero-order valence-corrected chi connectivity index (χ0v) is 10.1. The average Bonchev–Trinajstić information content (AvgIpc) is 2.32. The molecule has 0 spiro atoms. The molecule has 0 aliphatic heterocycles. The molecule has 0 aliphatic rings. The first-order chi connectivity index (χ1) is 8.65. The number of aromatic hydroxyl groups is 1. The van der Waals surface area contributed by atoms with Crippen molar-refractivity contribution in [2.75, 3.05) is 5.32 Å². The van der Waals surface area contributed by atoms with E-state index in [1.807, 2.05) is 0 Å². The van der Waals surface area contributed by atoms with Gasteiger partial charge in [-0.2, -0.15) is 0 Å². The quantitative estimate of drug-likeness (QED) is 0.831. The number of carbonyl (C=O) groups is 1. The molecule has 1 aromatic carbocycles. The van der Waals surface area contributed by atoms with Crippen LogP contribution in [0.25, 0.3) is 0 Å². The Morgan fingerprint density at radius 3 is 2.83 bits per heavy atom. The lowest BCUT2D eigenvalue weighted by Gasteiger charge is -2.05. The smallest absolute Gasteiger partial charge is 0.231 e. The Bertz CT molecular complexity index is 575. The first-order valence-corrected chi connectivity index (χ1v) is 5.58. The molecule has 0 saturated heterocycles. The number of phenols is 1. The fourth-order valence-corrected chi connectivity index (χ4v) is 1.54. The molecule has 6 heteroatoms. The van der Waals surface area contributed by atoms with Gasteiger partial charge in [-0.3, -0.25) is 10.1 Å². The molecule has 2 N–H and O–H groups in total. The van der Waals surface area contributed by atoms with E-state index in [2.05, 4.69) is 15.3 Å². The van der Waals surface area contributed by atoms with Gasteiger partial charge in [-0.1, -0.05) is 29.8 Å². The lowest BCUT2D eigenvalue weighted by molar-refractivity contribution is -0.115. The first-order valence-electron chi connectivity index (χ1n) is 5.20. The molecular formula is C12H10ClN3O2. The van der Waals surface area contributed by atoms with Crippen molar-refractivity contribution in [1.29, 1.82) is 0 Å². The van der Waals surface area contributed by atoms with Crippen LogP contribution < -0.4 is 5.32 Å². The van der Waals surface area contributed by atoms with Gasteiger partial charge < -0.3 is 5.11 Å². The molecule has 5 nitrogen and oxygen atoms in total. The maximum absolute atomic E-state index is 11.7. The molecule has 0 aliphatic carbocycles. The van der Waals surface area contributed by atoms with Gasteiger partial charge in [0.25, 0.3) is 0 Å². The Hall–Kier alpha value is -2.14. The Morgan fingerprint density at radius 2 is 2.11 bits per heavy atom. The number of halogens is 1. The number of nitrogens with zero attached hydrogens (tertiary/aromatic N) is 2. The lowest BCUT2D eigenvalue weighted by atomic mass is 10.1. The highest BCUT2D eigenvalue weighted by Gasteiger charge is 2.08. The van der Waals surface area contributed by atoms with Crippen molar-refractivity contribution >= 4 is 23.5 Å². The van der Waals surface area contributed by atoms with Crippen LogP contribution in [0.4, 0.5) is 5.95 Å². The van der Waals surface area contributed by atoms with Crippen molar-refractivity contribution in [1.82, 2.24) is 9.97 Å². The third-order valence-electron chi connectivity index (χ3n) is 2.22. The number of para-hydroxylation sites is 1. The number of anilines is 1. The van der Waals surface area contributed by atoms with Crippen molar-refractivity contribution < 1.29 is 9.90 Å². The number of benzene rings is 1. The summed E-state index contributed by atoms with van der Waals surface area (Å²) in [7, 11) is 0. The predicted octanol–water partition coefficient (Wildman–Crippen LogP) is 2.02. The SMILES string of the molecule is O=C(Cc1ccccc1O)Nc1nccc(Cl)n1. The summed E-state index contributed by atoms with van der Waals surface area (Å²) in [5.41, 5.74) is 0.539. The van der Waals surface area contributed by atoms with Crippen molar-refractivity contribution in [2.45, 2.75) is 6.42 Å². The van der Waals surface area contributed by atoms with Crippen LogP contribution in [0.1, 0.15) is 5.56 Å². The second-order valence-electron chi connectivity index (χ2n) is 3.56. The fraction of sp³-hybridized carbons (Fsp3) is 0.0833. The molecule has 0 radical (unpaired) electrons. The van der Waals surface area contributed by atoms with Crippen LogP contribution in [-0.4, -0.2) is 21.0 Å². The summed E-state index contributed by atoms with van der Waals surface area (Å²) in [4.78, 5) is 19.4. The standard InChI is InChI=1S/C12H10ClN3O2/c13-10-5-6-14-12(15-10)16-11(18)7-8-3-1-2-4-9(8)17/h1-6,17H,7H2,(H,14,15,16,18). The summed E-state index contributed by atoms with van der Waals surface area (Å²) in [6, 6.07) is 8.15. The molecule has 0 unspecified atom stereocenters. The van der Waals surface area contributed by atoms with Crippen molar-refractivity contribution in [3.05, 3.63) is 47.2 Å². The second kappa shape index (κ2) is 5.46. The number of aromatic nitrogens is 2. The molecule has 0 atom stereocenters. The Balaban J connectivity index is 2.03. The molecule has 92 valence electrons. The summed E-state index contributed by atoms with van der Waals surface area (Å²) in [6.07, 6.45) is 1.49. The van der Waals surface area contributed by atoms with Crippen LogP contribution in [0.2, 0.25) is 5.15 Å². The highest BCUT2D eigenvalue weighted by atomic mass is 35.5. The van der Waals surface area contributed by atoms with E-state index in [0.29, 0.717) is 5.56 Å². The average molecular weight is 264 g/mol. The zero-order valence-electron chi connectivity index (χ0n) is 9.30. The second-order valence-corrected chi connectivity index (χ2v) is 3.94. The summed E-state index contributed by atoms with van der Waals surface area (Å²) in [5, 5.41) is 12.3. The maximum atomic E-state index is 11.7.